The average molecular weight is 331 g/mol. The summed E-state index contributed by atoms with van der Waals surface area (Å²) in [6.45, 7) is 4.47. The van der Waals surface area contributed by atoms with Gasteiger partial charge in [0.1, 0.15) is 0 Å². The zero-order valence-electron chi connectivity index (χ0n) is 15.0. The van der Waals surface area contributed by atoms with Crippen LogP contribution in [0, 0.1) is 0 Å². The van der Waals surface area contributed by atoms with Gasteiger partial charge in [-0.05, 0) is 24.0 Å². The molecule has 1 aliphatic heterocycles. The highest BCUT2D eigenvalue weighted by atomic mass is 16.2. The third-order valence-electron chi connectivity index (χ3n) is 4.62. The van der Waals surface area contributed by atoms with Crippen molar-refractivity contribution in [3.8, 4) is 0 Å². The van der Waals surface area contributed by atoms with Crippen molar-refractivity contribution in [2.24, 2.45) is 0 Å². The number of nitrogens with zero attached hydrogens (tertiary/aromatic N) is 2. The largest absolute Gasteiger partial charge is 0.349 e. The number of benzene rings is 1. The molecular weight excluding hydrogens is 302 g/mol. The molecule has 1 aromatic rings. The van der Waals surface area contributed by atoms with Crippen molar-refractivity contribution in [3.05, 3.63) is 35.4 Å². The molecule has 1 aliphatic rings. The number of nitrogens with one attached hydrogen (secondary N) is 1. The van der Waals surface area contributed by atoms with Crippen LogP contribution in [0.1, 0.15) is 43.4 Å². The fourth-order valence-corrected chi connectivity index (χ4v) is 3.03. The van der Waals surface area contributed by atoms with E-state index in [1.807, 2.05) is 4.90 Å². The Labute approximate surface area is 145 Å². The normalized spacial score (nSPS) is 17.6. The molecular formula is C19H29N3O2. The van der Waals surface area contributed by atoms with Crippen LogP contribution in [0.4, 0.5) is 0 Å². The summed E-state index contributed by atoms with van der Waals surface area (Å²) in [5.41, 5.74) is 2.49. The van der Waals surface area contributed by atoms with Crippen molar-refractivity contribution in [2.75, 3.05) is 33.7 Å². The Morgan fingerprint density at radius 1 is 1.21 bits per heavy atom. The maximum atomic E-state index is 12.6. The minimum absolute atomic E-state index is 0.0785. The predicted molar refractivity (Wildman–Crippen MR) is 95.7 cm³/mol. The average Bonchev–Trinajstić information content (AvgIpc) is 2.61. The van der Waals surface area contributed by atoms with Gasteiger partial charge in [0.25, 0.3) is 0 Å². The first-order valence-corrected chi connectivity index (χ1v) is 8.82. The molecule has 1 aromatic carbocycles. The Balaban J connectivity index is 1.97. The molecule has 132 valence electrons. The van der Waals surface area contributed by atoms with Gasteiger partial charge in [-0.2, -0.15) is 0 Å². The van der Waals surface area contributed by atoms with E-state index in [9.17, 15) is 9.59 Å². The van der Waals surface area contributed by atoms with Gasteiger partial charge in [0.2, 0.25) is 11.8 Å². The van der Waals surface area contributed by atoms with E-state index >= 15 is 0 Å². The van der Waals surface area contributed by atoms with Crippen LogP contribution in [-0.4, -0.2) is 55.3 Å². The molecule has 1 saturated heterocycles. The van der Waals surface area contributed by atoms with Crippen LogP contribution in [0.2, 0.25) is 0 Å². The van der Waals surface area contributed by atoms with E-state index in [4.69, 9.17) is 0 Å². The number of carbonyl (C=O) groups is 2. The summed E-state index contributed by atoms with van der Waals surface area (Å²) in [5.74, 6) is 0.224. The maximum absolute atomic E-state index is 12.6. The molecule has 1 heterocycles. The molecule has 0 aromatic heterocycles. The summed E-state index contributed by atoms with van der Waals surface area (Å²) in [6.07, 6.45) is 2.50. The van der Waals surface area contributed by atoms with E-state index in [2.05, 4.69) is 36.5 Å². The third kappa shape index (κ3) is 4.81. The van der Waals surface area contributed by atoms with Crippen molar-refractivity contribution >= 4 is 11.8 Å². The fourth-order valence-electron chi connectivity index (χ4n) is 3.03. The maximum Gasteiger partial charge on any atom is 0.223 e. The summed E-state index contributed by atoms with van der Waals surface area (Å²) in [7, 11) is 3.49. The van der Waals surface area contributed by atoms with E-state index in [1.54, 1.807) is 19.0 Å². The highest BCUT2D eigenvalue weighted by molar-refractivity contribution is 5.79. The van der Waals surface area contributed by atoms with Crippen LogP contribution in [0.25, 0.3) is 0 Å². The highest BCUT2D eigenvalue weighted by Gasteiger charge is 2.27. The summed E-state index contributed by atoms with van der Waals surface area (Å²) >= 11 is 0. The Bertz CT molecular complexity index is 554. The van der Waals surface area contributed by atoms with Crippen LogP contribution in [0.5, 0.6) is 0 Å². The highest BCUT2D eigenvalue weighted by Crippen LogP contribution is 2.24. The number of carbonyl (C=O) groups excluding carboxylic acids is 2. The summed E-state index contributed by atoms with van der Waals surface area (Å²) < 4.78 is 0. The SMILES string of the molecule is CCc1ccc(C2CNCCN2C(=O)CCCC(=O)N(C)C)cc1. The predicted octanol–water partition coefficient (Wildman–Crippen LogP) is 1.98. The van der Waals surface area contributed by atoms with E-state index in [-0.39, 0.29) is 17.9 Å². The molecule has 0 bridgehead atoms. The molecule has 2 amide bonds. The Morgan fingerprint density at radius 3 is 2.54 bits per heavy atom. The van der Waals surface area contributed by atoms with Gasteiger partial charge in [0.05, 0.1) is 6.04 Å². The molecule has 1 fully saturated rings. The summed E-state index contributed by atoms with van der Waals surface area (Å²) in [5, 5.41) is 3.38. The van der Waals surface area contributed by atoms with Crippen molar-refractivity contribution in [2.45, 2.75) is 38.6 Å². The van der Waals surface area contributed by atoms with Gasteiger partial charge in [-0.3, -0.25) is 9.59 Å². The zero-order valence-corrected chi connectivity index (χ0v) is 15.0. The van der Waals surface area contributed by atoms with Crippen LogP contribution in [0.15, 0.2) is 24.3 Å². The zero-order chi connectivity index (χ0) is 17.5. The molecule has 1 atom stereocenters. The van der Waals surface area contributed by atoms with Gasteiger partial charge < -0.3 is 15.1 Å². The number of aryl methyl sites for hydroxylation is 1. The van der Waals surface area contributed by atoms with E-state index in [0.717, 1.165) is 26.1 Å². The van der Waals surface area contributed by atoms with Crippen molar-refractivity contribution in [1.29, 1.82) is 0 Å². The Kier molecular flexibility index (Phi) is 6.79. The van der Waals surface area contributed by atoms with Crippen molar-refractivity contribution in [1.82, 2.24) is 15.1 Å². The Hall–Kier alpha value is -1.88. The molecule has 0 spiro atoms. The summed E-state index contributed by atoms with van der Waals surface area (Å²) in [4.78, 5) is 27.8. The van der Waals surface area contributed by atoms with Gasteiger partial charge in [-0.1, -0.05) is 31.2 Å². The first-order chi connectivity index (χ1) is 11.5. The lowest BCUT2D eigenvalue weighted by Gasteiger charge is -2.36. The molecule has 0 aliphatic carbocycles. The molecule has 2 rings (SSSR count). The van der Waals surface area contributed by atoms with Gasteiger partial charge >= 0.3 is 0 Å². The van der Waals surface area contributed by atoms with Gasteiger partial charge in [-0.15, -0.1) is 0 Å². The van der Waals surface area contributed by atoms with E-state index in [1.165, 1.54) is 11.1 Å². The fraction of sp³-hybridized carbons (Fsp3) is 0.579. The van der Waals surface area contributed by atoms with E-state index in [0.29, 0.717) is 19.3 Å². The first kappa shape index (κ1) is 18.5. The number of hydrogen-bond donors (Lipinski definition) is 1. The van der Waals surface area contributed by atoms with Crippen LogP contribution >= 0.6 is 0 Å². The molecule has 1 N–H and O–H groups in total. The first-order valence-electron chi connectivity index (χ1n) is 8.82. The molecule has 5 nitrogen and oxygen atoms in total. The molecule has 24 heavy (non-hydrogen) atoms. The lowest BCUT2D eigenvalue weighted by atomic mass is 10.00. The number of amides is 2. The molecule has 0 saturated carbocycles. The standard InChI is InChI=1S/C19H29N3O2/c1-4-15-8-10-16(11-9-15)17-14-20-12-13-22(17)19(24)7-5-6-18(23)21(2)3/h8-11,17,20H,4-7,12-14H2,1-3H3. The lowest BCUT2D eigenvalue weighted by Crippen LogP contribution is -2.48. The smallest absolute Gasteiger partial charge is 0.223 e. The second-order valence-electron chi connectivity index (χ2n) is 6.54. The number of rotatable bonds is 6. The number of hydrogen-bond acceptors (Lipinski definition) is 3. The van der Waals surface area contributed by atoms with Gasteiger partial charge in [0.15, 0.2) is 0 Å². The van der Waals surface area contributed by atoms with Crippen LogP contribution < -0.4 is 5.32 Å². The molecule has 0 radical (unpaired) electrons. The second kappa shape index (κ2) is 8.83. The van der Waals surface area contributed by atoms with Gasteiger partial charge in [-0.25, -0.2) is 0 Å². The van der Waals surface area contributed by atoms with Gasteiger partial charge in [0, 0.05) is 46.6 Å². The van der Waals surface area contributed by atoms with E-state index < -0.39 is 0 Å². The monoisotopic (exact) mass is 331 g/mol. The van der Waals surface area contributed by atoms with Crippen LogP contribution in [-0.2, 0) is 16.0 Å². The second-order valence-corrected chi connectivity index (χ2v) is 6.54. The lowest BCUT2D eigenvalue weighted by molar-refractivity contribution is -0.135. The quantitative estimate of drug-likeness (QED) is 0.867. The third-order valence-corrected chi connectivity index (χ3v) is 4.62. The molecule has 5 heteroatoms. The van der Waals surface area contributed by atoms with Crippen molar-refractivity contribution in [3.63, 3.8) is 0 Å². The minimum atomic E-state index is 0.0785. The number of piperazine rings is 1. The van der Waals surface area contributed by atoms with Crippen molar-refractivity contribution < 1.29 is 9.59 Å². The van der Waals surface area contributed by atoms with Crippen LogP contribution in [0.3, 0.4) is 0 Å². The minimum Gasteiger partial charge on any atom is -0.349 e. The summed E-state index contributed by atoms with van der Waals surface area (Å²) in [6, 6.07) is 8.63. The molecule has 1 unspecified atom stereocenters. The topological polar surface area (TPSA) is 52.7 Å². The Morgan fingerprint density at radius 2 is 1.92 bits per heavy atom.